The van der Waals surface area contributed by atoms with E-state index < -0.39 is 0 Å². The summed E-state index contributed by atoms with van der Waals surface area (Å²) in [5.41, 5.74) is 2.38. The van der Waals surface area contributed by atoms with Crippen LogP contribution in [0, 0.1) is 0 Å². The minimum absolute atomic E-state index is 0.496. The van der Waals surface area contributed by atoms with E-state index in [4.69, 9.17) is 4.99 Å². The van der Waals surface area contributed by atoms with Gasteiger partial charge in [0.1, 0.15) is 0 Å². The summed E-state index contributed by atoms with van der Waals surface area (Å²) in [6.45, 7) is 8.86. The fourth-order valence-electron chi connectivity index (χ4n) is 2.49. The Balaban J connectivity index is 1.97. The second-order valence-corrected chi connectivity index (χ2v) is 8.24. The van der Waals surface area contributed by atoms with Gasteiger partial charge < -0.3 is 14.8 Å². The SMILES string of the molecule is CCNC(=NCCc1csc(C(C)C)n1)N(C)Cc1cc(Br)cn1C. The lowest BCUT2D eigenvalue weighted by molar-refractivity contribution is 0.462. The molecule has 0 saturated carbocycles. The van der Waals surface area contributed by atoms with Gasteiger partial charge in [0.25, 0.3) is 0 Å². The molecular weight excluding hydrogens is 398 g/mol. The van der Waals surface area contributed by atoms with Crippen LogP contribution < -0.4 is 5.32 Å². The second-order valence-electron chi connectivity index (χ2n) is 6.43. The standard InChI is InChI=1S/C18H28BrN5S/c1-6-20-18(24(5)11-16-9-14(19)10-23(16)4)21-8-7-15-12-25-17(22-15)13(2)3/h9-10,12-13H,6-8,11H2,1-5H3,(H,20,21). The normalized spacial score (nSPS) is 12.0. The Morgan fingerprint density at radius 1 is 1.48 bits per heavy atom. The molecule has 138 valence electrons. The van der Waals surface area contributed by atoms with Crippen molar-refractivity contribution in [2.24, 2.45) is 12.0 Å². The van der Waals surface area contributed by atoms with Crippen molar-refractivity contribution in [3.05, 3.63) is 38.5 Å². The molecule has 0 amide bonds. The summed E-state index contributed by atoms with van der Waals surface area (Å²) < 4.78 is 3.23. The smallest absolute Gasteiger partial charge is 0.194 e. The van der Waals surface area contributed by atoms with Gasteiger partial charge in [-0.1, -0.05) is 13.8 Å². The van der Waals surface area contributed by atoms with Crippen molar-refractivity contribution in [1.29, 1.82) is 0 Å². The Hall–Kier alpha value is -1.34. The number of hydrogen-bond donors (Lipinski definition) is 1. The predicted molar refractivity (Wildman–Crippen MR) is 110 cm³/mol. The number of nitrogens with zero attached hydrogens (tertiary/aromatic N) is 4. The van der Waals surface area contributed by atoms with Crippen molar-refractivity contribution in [3.8, 4) is 0 Å². The highest BCUT2D eigenvalue weighted by atomic mass is 79.9. The van der Waals surface area contributed by atoms with Gasteiger partial charge in [0.2, 0.25) is 0 Å². The molecule has 2 heterocycles. The van der Waals surface area contributed by atoms with Crippen molar-refractivity contribution in [3.63, 3.8) is 0 Å². The van der Waals surface area contributed by atoms with Crippen LogP contribution in [0.1, 0.15) is 43.1 Å². The number of aromatic nitrogens is 2. The van der Waals surface area contributed by atoms with Crippen LogP contribution in [0.25, 0.3) is 0 Å². The lowest BCUT2D eigenvalue weighted by Crippen LogP contribution is -2.39. The first-order valence-corrected chi connectivity index (χ1v) is 10.3. The Morgan fingerprint density at radius 3 is 2.80 bits per heavy atom. The van der Waals surface area contributed by atoms with Gasteiger partial charge in [-0.2, -0.15) is 0 Å². The Morgan fingerprint density at radius 2 is 2.24 bits per heavy atom. The number of thiazole rings is 1. The molecule has 0 aliphatic heterocycles. The Kier molecular flexibility index (Phi) is 7.50. The van der Waals surface area contributed by atoms with Crippen LogP contribution in [-0.4, -0.2) is 40.5 Å². The second kappa shape index (κ2) is 9.38. The fraction of sp³-hybridized carbons (Fsp3) is 0.556. The molecule has 0 unspecified atom stereocenters. The van der Waals surface area contributed by atoms with Gasteiger partial charge in [0.15, 0.2) is 5.96 Å². The van der Waals surface area contributed by atoms with Crippen LogP contribution in [0.2, 0.25) is 0 Å². The third-order valence-corrected chi connectivity index (χ3v) is 5.49. The van der Waals surface area contributed by atoms with Gasteiger partial charge in [-0.15, -0.1) is 11.3 Å². The summed E-state index contributed by atoms with van der Waals surface area (Å²) in [6.07, 6.45) is 2.95. The molecule has 0 fully saturated rings. The van der Waals surface area contributed by atoms with Crippen molar-refractivity contribution in [2.75, 3.05) is 20.1 Å². The zero-order valence-electron chi connectivity index (χ0n) is 15.7. The van der Waals surface area contributed by atoms with Crippen molar-refractivity contribution in [1.82, 2.24) is 19.8 Å². The average molecular weight is 426 g/mol. The largest absolute Gasteiger partial charge is 0.357 e. The van der Waals surface area contributed by atoms with Gasteiger partial charge in [-0.25, -0.2) is 4.98 Å². The van der Waals surface area contributed by atoms with E-state index in [1.807, 2.05) is 0 Å². The first kappa shape index (κ1) is 20.0. The molecule has 0 saturated heterocycles. The first-order chi connectivity index (χ1) is 11.9. The molecule has 0 spiro atoms. The zero-order valence-corrected chi connectivity index (χ0v) is 18.1. The topological polar surface area (TPSA) is 45.5 Å². The first-order valence-electron chi connectivity index (χ1n) is 8.65. The molecule has 0 bridgehead atoms. The van der Waals surface area contributed by atoms with Crippen LogP contribution in [-0.2, 0) is 20.0 Å². The van der Waals surface area contributed by atoms with E-state index in [0.29, 0.717) is 5.92 Å². The lowest BCUT2D eigenvalue weighted by Gasteiger charge is -2.22. The van der Waals surface area contributed by atoms with E-state index in [2.05, 4.69) is 88.2 Å². The minimum atomic E-state index is 0.496. The zero-order chi connectivity index (χ0) is 18.4. The molecule has 25 heavy (non-hydrogen) atoms. The maximum absolute atomic E-state index is 4.77. The highest BCUT2D eigenvalue weighted by Crippen LogP contribution is 2.19. The molecule has 2 aromatic rings. The third-order valence-electron chi connectivity index (χ3n) is 3.86. The fourth-order valence-corrected chi connectivity index (χ4v) is 3.93. The number of nitrogens with one attached hydrogen (secondary N) is 1. The van der Waals surface area contributed by atoms with Gasteiger partial charge in [0, 0.05) is 61.3 Å². The van der Waals surface area contributed by atoms with E-state index in [1.165, 1.54) is 10.7 Å². The predicted octanol–water partition coefficient (Wildman–Crippen LogP) is 4.01. The summed E-state index contributed by atoms with van der Waals surface area (Å²) >= 11 is 5.28. The van der Waals surface area contributed by atoms with E-state index in [0.717, 1.165) is 42.2 Å². The van der Waals surface area contributed by atoms with E-state index in [1.54, 1.807) is 11.3 Å². The number of guanidine groups is 1. The van der Waals surface area contributed by atoms with Crippen LogP contribution in [0.4, 0.5) is 0 Å². The molecule has 0 aliphatic rings. The van der Waals surface area contributed by atoms with Crippen LogP contribution in [0.5, 0.6) is 0 Å². The molecule has 2 rings (SSSR count). The highest BCUT2D eigenvalue weighted by Gasteiger charge is 2.10. The molecule has 7 heteroatoms. The molecule has 0 aromatic carbocycles. The van der Waals surface area contributed by atoms with Crippen LogP contribution in [0.15, 0.2) is 27.1 Å². The van der Waals surface area contributed by atoms with Gasteiger partial charge in [-0.3, -0.25) is 4.99 Å². The molecule has 2 aromatic heterocycles. The summed E-state index contributed by atoms with van der Waals surface area (Å²) in [5, 5.41) is 6.74. The molecule has 0 atom stereocenters. The molecule has 1 N–H and O–H groups in total. The Labute approximate surface area is 163 Å². The van der Waals surface area contributed by atoms with Gasteiger partial charge in [0.05, 0.1) is 17.2 Å². The minimum Gasteiger partial charge on any atom is -0.357 e. The highest BCUT2D eigenvalue weighted by molar-refractivity contribution is 9.10. The van der Waals surface area contributed by atoms with Crippen molar-refractivity contribution in [2.45, 2.75) is 39.7 Å². The third kappa shape index (κ3) is 5.85. The molecule has 0 radical (unpaired) electrons. The maximum Gasteiger partial charge on any atom is 0.194 e. The average Bonchev–Trinajstić information content (AvgIpc) is 3.13. The van der Waals surface area contributed by atoms with Gasteiger partial charge >= 0.3 is 0 Å². The quantitative estimate of drug-likeness (QED) is 0.538. The number of aliphatic imine (C=N–C) groups is 1. The van der Waals surface area contributed by atoms with Crippen molar-refractivity contribution < 1.29 is 0 Å². The molecule has 5 nitrogen and oxygen atoms in total. The number of hydrogen-bond acceptors (Lipinski definition) is 3. The Bertz CT molecular complexity index is 704. The number of halogens is 1. The van der Waals surface area contributed by atoms with E-state index in [-0.39, 0.29) is 0 Å². The lowest BCUT2D eigenvalue weighted by atomic mass is 10.2. The van der Waals surface area contributed by atoms with Crippen molar-refractivity contribution >= 4 is 33.2 Å². The van der Waals surface area contributed by atoms with E-state index >= 15 is 0 Å². The number of aryl methyl sites for hydroxylation is 1. The summed E-state index contributed by atoms with van der Waals surface area (Å²) in [6, 6.07) is 2.14. The summed E-state index contributed by atoms with van der Waals surface area (Å²) in [5.74, 6) is 1.43. The maximum atomic E-state index is 4.77. The summed E-state index contributed by atoms with van der Waals surface area (Å²) in [4.78, 5) is 11.6. The summed E-state index contributed by atoms with van der Waals surface area (Å²) in [7, 11) is 4.13. The molecule has 0 aliphatic carbocycles. The van der Waals surface area contributed by atoms with Crippen LogP contribution >= 0.6 is 27.3 Å². The monoisotopic (exact) mass is 425 g/mol. The molecular formula is C18H28BrN5S. The van der Waals surface area contributed by atoms with Gasteiger partial charge in [-0.05, 0) is 28.9 Å². The number of rotatable bonds is 7. The van der Waals surface area contributed by atoms with Crippen LogP contribution in [0.3, 0.4) is 0 Å². The van der Waals surface area contributed by atoms with E-state index in [9.17, 15) is 0 Å².